The van der Waals surface area contributed by atoms with E-state index in [0.29, 0.717) is 25.9 Å². The molecule has 3 amide bonds. The maximum atomic E-state index is 12.1. The quantitative estimate of drug-likeness (QED) is 0.469. The van der Waals surface area contributed by atoms with Gasteiger partial charge in [0.2, 0.25) is 5.91 Å². The molecular weight excluding hydrogens is 264 g/mol. The number of rotatable bonds is 7. The molecule has 0 spiro atoms. The molecule has 0 aromatic carbocycles. The summed E-state index contributed by atoms with van der Waals surface area (Å²) in [6.07, 6.45) is 1.13. The monoisotopic (exact) mass is 288 g/mol. The van der Waals surface area contributed by atoms with Crippen LogP contribution in [0.2, 0.25) is 0 Å². The third-order valence-electron chi connectivity index (χ3n) is 3.21. The van der Waals surface area contributed by atoms with E-state index in [1.807, 2.05) is 13.8 Å². The lowest BCUT2D eigenvalue weighted by Crippen LogP contribution is -2.50. The first kappa shape index (κ1) is 17.6. The van der Waals surface area contributed by atoms with Gasteiger partial charge in [0.25, 0.3) is 0 Å². The highest BCUT2D eigenvalue weighted by molar-refractivity contribution is 7.80. The molecule has 0 atom stereocenters. The Labute approximate surface area is 120 Å². The third kappa shape index (κ3) is 4.66. The van der Waals surface area contributed by atoms with Crippen molar-refractivity contribution in [2.75, 3.05) is 27.2 Å². The second-order valence-electron chi connectivity index (χ2n) is 4.54. The number of urea groups is 1. The van der Waals surface area contributed by atoms with Crippen molar-refractivity contribution in [1.29, 1.82) is 0 Å². The van der Waals surface area contributed by atoms with Crippen LogP contribution in [-0.4, -0.2) is 49.0 Å². The van der Waals surface area contributed by atoms with E-state index in [-0.39, 0.29) is 16.9 Å². The Morgan fingerprint density at radius 1 is 1.16 bits per heavy atom. The molecule has 0 saturated carbocycles. The Morgan fingerprint density at radius 3 is 2.00 bits per heavy atom. The lowest BCUT2D eigenvalue weighted by molar-refractivity contribution is -0.127. The summed E-state index contributed by atoms with van der Waals surface area (Å²) in [7, 11) is 3.31. The van der Waals surface area contributed by atoms with Gasteiger partial charge < -0.3 is 21.3 Å². The predicted octanol–water partition coefficient (Wildman–Crippen LogP) is 0.466. The molecule has 0 bridgehead atoms. The van der Waals surface area contributed by atoms with Crippen LogP contribution in [0.3, 0.4) is 0 Å². The lowest BCUT2D eigenvalue weighted by Gasteiger charge is -2.29. The second-order valence-corrected chi connectivity index (χ2v) is 4.98. The number of nitrogens with zero attached hydrogens (tertiary/aromatic N) is 1. The largest absolute Gasteiger partial charge is 0.392 e. The fourth-order valence-corrected chi connectivity index (χ4v) is 2.09. The van der Waals surface area contributed by atoms with Gasteiger partial charge in [-0.3, -0.25) is 4.79 Å². The smallest absolute Gasteiger partial charge is 0.316 e. The molecule has 19 heavy (non-hydrogen) atoms. The molecule has 0 saturated heterocycles. The highest BCUT2D eigenvalue weighted by Gasteiger charge is 2.37. The van der Waals surface area contributed by atoms with Gasteiger partial charge in [0.1, 0.15) is 0 Å². The van der Waals surface area contributed by atoms with Crippen molar-refractivity contribution < 1.29 is 9.59 Å². The number of carbonyl (C=O) groups is 2. The summed E-state index contributed by atoms with van der Waals surface area (Å²) in [4.78, 5) is 25.1. The lowest BCUT2D eigenvalue weighted by atomic mass is 9.81. The van der Waals surface area contributed by atoms with Crippen molar-refractivity contribution in [3.63, 3.8) is 0 Å². The molecule has 0 aliphatic rings. The van der Waals surface area contributed by atoms with E-state index in [9.17, 15) is 9.59 Å². The van der Waals surface area contributed by atoms with E-state index < -0.39 is 5.41 Å². The van der Waals surface area contributed by atoms with Crippen molar-refractivity contribution in [1.82, 2.24) is 15.5 Å². The fourth-order valence-electron chi connectivity index (χ4n) is 1.70. The van der Waals surface area contributed by atoms with Crippen LogP contribution in [0, 0.1) is 5.41 Å². The van der Waals surface area contributed by atoms with Crippen LogP contribution in [0.1, 0.15) is 26.7 Å². The fraction of sp³-hybridized carbons (Fsp3) is 0.750. The molecule has 7 heteroatoms. The van der Waals surface area contributed by atoms with Crippen LogP contribution in [0.4, 0.5) is 4.79 Å². The van der Waals surface area contributed by atoms with E-state index in [0.717, 1.165) is 0 Å². The van der Waals surface area contributed by atoms with Crippen molar-refractivity contribution in [3.05, 3.63) is 0 Å². The molecule has 0 aliphatic heterocycles. The number of nitrogens with one attached hydrogen (secondary N) is 2. The number of hydrogen-bond acceptors (Lipinski definition) is 3. The summed E-state index contributed by atoms with van der Waals surface area (Å²) >= 11 is 5.00. The zero-order valence-corrected chi connectivity index (χ0v) is 12.9. The van der Waals surface area contributed by atoms with Crippen LogP contribution < -0.4 is 16.4 Å². The normalized spacial score (nSPS) is 10.7. The van der Waals surface area contributed by atoms with Gasteiger partial charge in [-0.1, -0.05) is 26.1 Å². The Kier molecular flexibility index (Phi) is 7.36. The summed E-state index contributed by atoms with van der Waals surface area (Å²) in [6.45, 7) is 4.48. The van der Waals surface area contributed by atoms with Crippen molar-refractivity contribution in [3.8, 4) is 0 Å². The zero-order valence-electron chi connectivity index (χ0n) is 12.1. The van der Waals surface area contributed by atoms with Gasteiger partial charge in [-0.25, -0.2) is 4.79 Å². The minimum absolute atomic E-state index is 0.177. The highest BCUT2D eigenvalue weighted by Crippen LogP contribution is 2.26. The third-order valence-corrected chi connectivity index (χ3v) is 3.60. The van der Waals surface area contributed by atoms with Crippen LogP contribution in [0.25, 0.3) is 0 Å². The first-order chi connectivity index (χ1) is 8.81. The number of amides is 3. The van der Waals surface area contributed by atoms with Gasteiger partial charge >= 0.3 is 6.03 Å². The molecular formula is C12H24N4O2S. The van der Waals surface area contributed by atoms with Gasteiger partial charge in [0.05, 0.1) is 10.4 Å². The van der Waals surface area contributed by atoms with E-state index in [4.69, 9.17) is 18.0 Å². The summed E-state index contributed by atoms with van der Waals surface area (Å²) < 4.78 is 0. The molecule has 6 nitrogen and oxygen atoms in total. The molecule has 0 heterocycles. The van der Waals surface area contributed by atoms with Gasteiger partial charge in [-0.05, 0) is 12.8 Å². The maximum absolute atomic E-state index is 12.1. The number of nitrogens with two attached hydrogens (primary N) is 1. The molecule has 0 aliphatic carbocycles. The summed E-state index contributed by atoms with van der Waals surface area (Å²) in [5.74, 6) is -0.177. The Morgan fingerprint density at radius 2 is 1.63 bits per heavy atom. The molecule has 0 unspecified atom stereocenters. The molecule has 4 N–H and O–H groups in total. The van der Waals surface area contributed by atoms with E-state index in [2.05, 4.69) is 10.6 Å². The average molecular weight is 288 g/mol. The van der Waals surface area contributed by atoms with Gasteiger partial charge in [-0.2, -0.15) is 0 Å². The maximum Gasteiger partial charge on any atom is 0.316 e. The van der Waals surface area contributed by atoms with Crippen molar-refractivity contribution in [2.24, 2.45) is 11.1 Å². The van der Waals surface area contributed by atoms with E-state index in [1.165, 1.54) is 4.90 Å². The topological polar surface area (TPSA) is 87.5 Å². The van der Waals surface area contributed by atoms with E-state index in [1.54, 1.807) is 14.1 Å². The molecule has 0 aromatic rings. The number of hydrogen-bond donors (Lipinski definition) is 3. The average Bonchev–Trinajstić information content (AvgIpc) is 2.35. The minimum Gasteiger partial charge on any atom is -0.392 e. The molecule has 0 radical (unpaired) electrons. The van der Waals surface area contributed by atoms with Crippen LogP contribution in [0.15, 0.2) is 0 Å². The molecule has 0 aromatic heterocycles. The van der Waals surface area contributed by atoms with Gasteiger partial charge in [0, 0.05) is 27.2 Å². The SMILES string of the molecule is CCC(CC)(C(=O)NCCNC(=O)N(C)C)C(N)=S. The number of carbonyl (C=O) groups excluding carboxylic acids is 2. The molecule has 0 fully saturated rings. The zero-order chi connectivity index (χ0) is 15.1. The first-order valence-electron chi connectivity index (χ1n) is 6.35. The van der Waals surface area contributed by atoms with E-state index >= 15 is 0 Å². The van der Waals surface area contributed by atoms with Crippen LogP contribution in [-0.2, 0) is 4.79 Å². The first-order valence-corrected chi connectivity index (χ1v) is 6.76. The highest BCUT2D eigenvalue weighted by atomic mass is 32.1. The number of thiocarbonyl (C=S) groups is 1. The predicted molar refractivity (Wildman–Crippen MR) is 79.9 cm³/mol. The summed E-state index contributed by atoms with van der Waals surface area (Å²) in [5.41, 5.74) is 4.89. The Balaban J connectivity index is 4.30. The molecule has 110 valence electrons. The summed E-state index contributed by atoms with van der Waals surface area (Å²) in [5, 5.41) is 5.42. The summed E-state index contributed by atoms with van der Waals surface area (Å²) in [6, 6.07) is -0.194. The van der Waals surface area contributed by atoms with Crippen LogP contribution in [0.5, 0.6) is 0 Å². The second kappa shape index (κ2) is 7.93. The van der Waals surface area contributed by atoms with Crippen LogP contribution >= 0.6 is 12.2 Å². The van der Waals surface area contributed by atoms with Crippen molar-refractivity contribution in [2.45, 2.75) is 26.7 Å². The van der Waals surface area contributed by atoms with Gasteiger partial charge in [-0.15, -0.1) is 0 Å². The van der Waals surface area contributed by atoms with Gasteiger partial charge in [0.15, 0.2) is 0 Å². The Hall–Kier alpha value is -1.37. The Bertz CT molecular complexity index is 341. The van der Waals surface area contributed by atoms with Crippen molar-refractivity contribution >= 4 is 29.1 Å². The minimum atomic E-state index is -0.791. The standard InChI is InChI=1S/C12H24N4O2S/c1-5-12(6-2,9(13)19)10(17)14-7-8-15-11(18)16(3)4/h5-8H2,1-4H3,(H2,13,19)(H,14,17)(H,15,18). The molecule has 0 rings (SSSR count).